The third-order valence-electron chi connectivity index (χ3n) is 3.23. The van der Waals surface area contributed by atoms with E-state index in [0.29, 0.717) is 24.1 Å². The molecule has 0 bridgehead atoms. The second kappa shape index (κ2) is 4.19. The fraction of sp³-hybridized carbons (Fsp3) is 0.583. The maximum atomic E-state index is 11.7. The van der Waals surface area contributed by atoms with E-state index in [4.69, 9.17) is 4.42 Å². The van der Waals surface area contributed by atoms with Crippen LogP contribution in [0, 0.1) is 11.8 Å². The molecule has 2 unspecified atom stereocenters. The molecule has 1 aromatic heterocycles. The highest BCUT2D eigenvalue weighted by Gasteiger charge is 2.27. The molecule has 3 nitrogen and oxygen atoms in total. The SMILES string of the molecule is CC1CN(CC(=O)c2ccco2)CC1C. The Morgan fingerprint density at radius 3 is 2.67 bits per heavy atom. The number of hydrogen-bond donors (Lipinski definition) is 0. The number of likely N-dealkylation sites (tertiary alicyclic amines) is 1. The molecule has 0 saturated carbocycles. The van der Waals surface area contributed by atoms with Gasteiger partial charge < -0.3 is 4.42 Å². The van der Waals surface area contributed by atoms with E-state index in [0.717, 1.165) is 13.1 Å². The zero-order chi connectivity index (χ0) is 10.8. The van der Waals surface area contributed by atoms with E-state index >= 15 is 0 Å². The standard InChI is InChI=1S/C12H17NO2/c1-9-6-13(7-10(9)2)8-11(14)12-4-3-5-15-12/h3-5,9-10H,6-8H2,1-2H3. The summed E-state index contributed by atoms with van der Waals surface area (Å²) in [5, 5.41) is 0. The second-order valence-corrected chi connectivity index (χ2v) is 4.55. The van der Waals surface area contributed by atoms with Crippen LogP contribution < -0.4 is 0 Å². The van der Waals surface area contributed by atoms with Gasteiger partial charge in [-0.05, 0) is 24.0 Å². The minimum absolute atomic E-state index is 0.0845. The Kier molecular flexibility index (Phi) is 2.91. The first-order valence-electron chi connectivity index (χ1n) is 5.46. The summed E-state index contributed by atoms with van der Waals surface area (Å²) in [6.07, 6.45) is 1.54. The highest BCUT2D eigenvalue weighted by Crippen LogP contribution is 2.22. The molecule has 1 aliphatic rings. The van der Waals surface area contributed by atoms with Crippen LogP contribution >= 0.6 is 0 Å². The van der Waals surface area contributed by atoms with E-state index in [9.17, 15) is 4.79 Å². The van der Waals surface area contributed by atoms with Gasteiger partial charge in [0, 0.05) is 13.1 Å². The number of nitrogens with zero attached hydrogens (tertiary/aromatic N) is 1. The molecular formula is C12H17NO2. The summed E-state index contributed by atoms with van der Waals surface area (Å²) in [6.45, 7) is 7.01. The molecule has 2 heterocycles. The molecule has 0 aliphatic carbocycles. The third kappa shape index (κ3) is 2.29. The number of carbonyl (C=O) groups excluding carboxylic acids is 1. The lowest BCUT2D eigenvalue weighted by atomic mass is 10.0. The Balaban J connectivity index is 1.91. The number of hydrogen-bond acceptors (Lipinski definition) is 3. The van der Waals surface area contributed by atoms with Gasteiger partial charge >= 0.3 is 0 Å². The molecule has 1 aromatic rings. The number of rotatable bonds is 3. The molecule has 82 valence electrons. The van der Waals surface area contributed by atoms with Crippen LogP contribution in [0.3, 0.4) is 0 Å². The molecule has 2 atom stereocenters. The van der Waals surface area contributed by atoms with Gasteiger partial charge in [-0.15, -0.1) is 0 Å². The zero-order valence-corrected chi connectivity index (χ0v) is 9.27. The fourth-order valence-corrected chi connectivity index (χ4v) is 2.10. The van der Waals surface area contributed by atoms with Gasteiger partial charge in [0.05, 0.1) is 12.8 Å². The molecule has 2 rings (SSSR count). The molecule has 0 radical (unpaired) electrons. The van der Waals surface area contributed by atoms with Crippen LogP contribution in [-0.2, 0) is 0 Å². The minimum Gasteiger partial charge on any atom is -0.461 e. The van der Waals surface area contributed by atoms with Gasteiger partial charge in [0.25, 0.3) is 0 Å². The monoisotopic (exact) mass is 207 g/mol. The lowest BCUT2D eigenvalue weighted by Crippen LogP contribution is -2.27. The first kappa shape index (κ1) is 10.4. The van der Waals surface area contributed by atoms with Crippen molar-refractivity contribution in [2.45, 2.75) is 13.8 Å². The van der Waals surface area contributed by atoms with Crippen LogP contribution in [0.2, 0.25) is 0 Å². The van der Waals surface area contributed by atoms with Crippen LogP contribution in [0.1, 0.15) is 24.4 Å². The summed E-state index contributed by atoms with van der Waals surface area (Å²) < 4.78 is 5.08. The van der Waals surface area contributed by atoms with Gasteiger partial charge in [0.15, 0.2) is 5.76 Å². The molecule has 15 heavy (non-hydrogen) atoms. The van der Waals surface area contributed by atoms with E-state index in [2.05, 4.69) is 18.7 Å². The Hall–Kier alpha value is -1.09. The molecule has 1 saturated heterocycles. The Morgan fingerprint density at radius 2 is 2.13 bits per heavy atom. The Bertz CT molecular complexity index is 321. The predicted molar refractivity (Wildman–Crippen MR) is 57.8 cm³/mol. The van der Waals surface area contributed by atoms with Gasteiger partial charge in [0.2, 0.25) is 5.78 Å². The molecule has 3 heteroatoms. The second-order valence-electron chi connectivity index (χ2n) is 4.55. The van der Waals surface area contributed by atoms with Crippen molar-refractivity contribution >= 4 is 5.78 Å². The van der Waals surface area contributed by atoms with Crippen LogP contribution in [0.15, 0.2) is 22.8 Å². The number of ketones is 1. The highest BCUT2D eigenvalue weighted by atomic mass is 16.3. The molecule has 1 aliphatic heterocycles. The third-order valence-corrected chi connectivity index (χ3v) is 3.23. The molecule has 0 amide bonds. The smallest absolute Gasteiger partial charge is 0.211 e. The van der Waals surface area contributed by atoms with Gasteiger partial charge in [-0.3, -0.25) is 9.69 Å². The topological polar surface area (TPSA) is 33.5 Å². The van der Waals surface area contributed by atoms with Gasteiger partial charge in [-0.1, -0.05) is 13.8 Å². The summed E-state index contributed by atoms with van der Waals surface area (Å²) in [5.74, 6) is 1.94. The van der Waals surface area contributed by atoms with E-state index in [-0.39, 0.29) is 5.78 Å². The molecular weight excluding hydrogens is 190 g/mol. The van der Waals surface area contributed by atoms with E-state index < -0.39 is 0 Å². The average molecular weight is 207 g/mol. The maximum Gasteiger partial charge on any atom is 0.211 e. The van der Waals surface area contributed by atoms with Gasteiger partial charge in [-0.25, -0.2) is 0 Å². The molecule has 0 spiro atoms. The van der Waals surface area contributed by atoms with Crippen molar-refractivity contribution in [1.29, 1.82) is 0 Å². The van der Waals surface area contributed by atoms with Crippen LogP contribution in [-0.4, -0.2) is 30.3 Å². The quantitative estimate of drug-likeness (QED) is 0.711. The van der Waals surface area contributed by atoms with Crippen LogP contribution in [0.25, 0.3) is 0 Å². The zero-order valence-electron chi connectivity index (χ0n) is 9.27. The lowest BCUT2D eigenvalue weighted by molar-refractivity contribution is 0.0915. The number of Topliss-reactive ketones (excluding diaryl/α,β-unsaturated/α-hetero) is 1. The van der Waals surface area contributed by atoms with Crippen molar-refractivity contribution in [3.05, 3.63) is 24.2 Å². The van der Waals surface area contributed by atoms with E-state index in [1.165, 1.54) is 0 Å². The predicted octanol–water partition coefficient (Wildman–Crippen LogP) is 2.05. The summed E-state index contributed by atoms with van der Waals surface area (Å²) in [6, 6.07) is 3.48. The molecule has 0 N–H and O–H groups in total. The van der Waals surface area contributed by atoms with Crippen molar-refractivity contribution in [1.82, 2.24) is 4.90 Å². The van der Waals surface area contributed by atoms with Crippen molar-refractivity contribution in [2.24, 2.45) is 11.8 Å². The minimum atomic E-state index is 0.0845. The van der Waals surface area contributed by atoms with Crippen molar-refractivity contribution in [3.63, 3.8) is 0 Å². The Morgan fingerprint density at radius 1 is 1.47 bits per heavy atom. The van der Waals surface area contributed by atoms with E-state index in [1.54, 1.807) is 18.4 Å². The Labute approximate surface area is 90.1 Å². The number of furan rings is 1. The van der Waals surface area contributed by atoms with Crippen molar-refractivity contribution < 1.29 is 9.21 Å². The summed E-state index contributed by atoms with van der Waals surface area (Å²) in [7, 11) is 0. The van der Waals surface area contributed by atoms with Crippen molar-refractivity contribution in [2.75, 3.05) is 19.6 Å². The number of carbonyl (C=O) groups is 1. The molecule has 1 fully saturated rings. The van der Waals surface area contributed by atoms with Gasteiger partial charge in [0.1, 0.15) is 0 Å². The molecule has 0 aromatic carbocycles. The maximum absolute atomic E-state index is 11.7. The normalized spacial score (nSPS) is 27.1. The first-order chi connectivity index (χ1) is 7.16. The van der Waals surface area contributed by atoms with Crippen LogP contribution in [0.4, 0.5) is 0 Å². The lowest BCUT2D eigenvalue weighted by Gasteiger charge is -2.12. The highest BCUT2D eigenvalue weighted by molar-refractivity contribution is 5.95. The van der Waals surface area contributed by atoms with Gasteiger partial charge in [-0.2, -0.15) is 0 Å². The summed E-state index contributed by atoms with van der Waals surface area (Å²) >= 11 is 0. The fourth-order valence-electron chi connectivity index (χ4n) is 2.10. The first-order valence-corrected chi connectivity index (χ1v) is 5.46. The van der Waals surface area contributed by atoms with E-state index in [1.807, 2.05) is 0 Å². The summed E-state index contributed by atoms with van der Waals surface area (Å²) in [4.78, 5) is 13.9. The summed E-state index contributed by atoms with van der Waals surface area (Å²) in [5.41, 5.74) is 0. The van der Waals surface area contributed by atoms with Crippen molar-refractivity contribution in [3.8, 4) is 0 Å². The average Bonchev–Trinajstić information content (AvgIpc) is 2.77. The largest absolute Gasteiger partial charge is 0.461 e. The van der Waals surface area contributed by atoms with Crippen LogP contribution in [0.5, 0.6) is 0 Å².